The number of hydrogen-bond acceptors (Lipinski definition) is 5. The quantitative estimate of drug-likeness (QED) is 0.653. The van der Waals surface area contributed by atoms with Gasteiger partial charge in [0.05, 0.1) is 19.9 Å². The number of rotatable bonds is 4. The molecule has 1 fully saturated rings. The van der Waals surface area contributed by atoms with Crippen molar-refractivity contribution < 1.29 is 14.7 Å². The molecule has 0 amide bonds. The highest BCUT2D eigenvalue weighted by Gasteiger charge is 2.33. The Morgan fingerprint density at radius 3 is 1.92 bits per heavy atom. The van der Waals surface area contributed by atoms with Crippen LogP contribution in [0.1, 0.15) is 36.6 Å². The van der Waals surface area contributed by atoms with Gasteiger partial charge in [0, 0.05) is 24.4 Å². The van der Waals surface area contributed by atoms with Gasteiger partial charge < -0.3 is 20.0 Å². The van der Waals surface area contributed by atoms with E-state index in [2.05, 4.69) is 29.5 Å². The predicted molar refractivity (Wildman–Crippen MR) is 97.6 cm³/mol. The van der Waals surface area contributed by atoms with Crippen LogP contribution in [0.4, 0.5) is 0 Å². The smallest absolute Gasteiger partial charge is 0.118 e. The minimum Gasteiger partial charge on any atom is -0.497 e. The van der Waals surface area contributed by atoms with Gasteiger partial charge in [-0.05, 0) is 35.4 Å². The lowest BCUT2D eigenvalue weighted by Gasteiger charge is -2.37. The molecule has 1 heterocycles. The van der Waals surface area contributed by atoms with Gasteiger partial charge in [0.1, 0.15) is 11.5 Å². The van der Waals surface area contributed by atoms with Crippen molar-refractivity contribution in [1.29, 1.82) is 0 Å². The average molecular weight is 340 g/mol. The maximum Gasteiger partial charge on any atom is 0.118 e. The molecule has 2 N–H and O–H groups in total. The van der Waals surface area contributed by atoms with Crippen molar-refractivity contribution in [2.75, 3.05) is 14.2 Å². The summed E-state index contributed by atoms with van der Waals surface area (Å²) in [5.41, 5.74) is 3.10. The first kappa shape index (κ1) is 17.3. The lowest BCUT2D eigenvalue weighted by molar-refractivity contribution is 0.294. The Kier molecular flexibility index (Phi) is 5.24. The molecule has 3 atom stereocenters. The van der Waals surface area contributed by atoms with Gasteiger partial charge in [0.2, 0.25) is 0 Å². The van der Waals surface area contributed by atoms with Crippen LogP contribution in [0, 0.1) is 5.92 Å². The van der Waals surface area contributed by atoms with Crippen molar-refractivity contribution in [2.45, 2.75) is 25.4 Å². The number of nitrogens with one attached hydrogen (secondary N) is 1. The Bertz CT molecular complexity index is 726. The van der Waals surface area contributed by atoms with Crippen molar-refractivity contribution in [3.8, 4) is 11.5 Å². The van der Waals surface area contributed by atoms with Crippen LogP contribution in [-0.4, -0.2) is 25.1 Å². The van der Waals surface area contributed by atoms with E-state index in [4.69, 9.17) is 9.47 Å². The number of benzene rings is 2. The van der Waals surface area contributed by atoms with Gasteiger partial charge in [-0.1, -0.05) is 36.3 Å². The van der Waals surface area contributed by atoms with E-state index in [9.17, 15) is 5.21 Å². The molecule has 1 saturated heterocycles. The highest BCUT2D eigenvalue weighted by atomic mass is 16.5. The Morgan fingerprint density at radius 2 is 1.44 bits per heavy atom. The lowest BCUT2D eigenvalue weighted by atomic mass is 9.81. The summed E-state index contributed by atoms with van der Waals surface area (Å²) >= 11 is 0. The van der Waals surface area contributed by atoms with Crippen molar-refractivity contribution in [2.24, 2.45) is 11.1 Å². The van der Waals surface area contributed by atoms with Crippen LogP contribution in [0.5, 0.6) is 11.5 Å². The van der Waals surface area contributed by atoms with E-state index in [1.807, 2.05) is 36.4 Å². The van der Waals surface area contributed by atoms with E-state index in [-0.39, 0.29) is 18.0 Å². The maximum atomic E-state index is 9.48. The standard InChI is InChI=1S/C20H24N2O3/c1-13-18(22-23)12-19(14-4-8-16(24-2)9-5-14)21-20(13)15-6-10-17(25-3)11-7-15/h4-11,13,19-21,23H,12H2,1-3H3/b22-18+/t13-,19-,20-/m0/s1. The second-order valence-corrected chi connectivity index (χ2v) is 6.33. The van der Waals surface area contributed by atoms with Gasteiger partial charge in [0.25, 0.3) is 0 Å². The van der Waals surface area contributed by atoms with E-state index in [1.165, 1.54) is 0 Å². The molecule has 5 nitrogen and oxygen atoms in total. The highest BCUT2D eigenvalue weighted by molar-refractivity contribution is 5.88. The zero-order valence-electron chi connectivity index (χ0n) is 14.8. The zero-order valence-corrected chi connectivity index (χ0v) is 14.8. The third-order valence-corrected chi connectivity index (χ3v) is 4.94. The maximum absolute atomic E-state index is 9.48. The number of oxime groups is 1. The average Bonchev–Trinajstić information content (AvgIpc) is 2.68. The first-order chi connectivity index (χ1) is 12.2. The lowest BCUT2D eigenvalue weighted by Crippen LogP contribution is -2.41. The Morgan fingerprint density at radius 1 is 0.920 bits per heavy atom. The van der Waals surface area contributed by atoms with Gasteiger partial charge in [-0.3, -0.25) is 0 Å². The van der Waals surface area contributed by atoms with Gasteiger partial charge in [-0.25, -0.2) is 0 Å². The molecule has 0 radical (unpaired) electrons. The Balaban J connectivity index is 1.88. The molecule has 0 saturated carbocycles. The van der Waals surface area contributed by atoms with Crippen molar-refractivity contribution in [1.82, 2.24) is 5.32 Å². The molecule has 0 unspecified atom stereocenters. The van der Waals surface area contributed by atoms with E-state index < -0.39 is 0 Å². The number of ether oxygens (including phenoxy) is 2. The monoisotopic (exact) mass is 340 g/mol. The molecule has 25 heavy (non-hydrogen) atoms. The molecular weight excluding hydrogens is 316 g/mol. The third-order valence-electron chi connectivity index (χ3n) is 4.94. The first-order valence-corrected chi connectivity index (χ1v) is 8.41. The van der Waals surface area contributed by atoms with Crippen LogP contribution in [0.3, 0.4) is 0 Å². The molecule has 3 rings (SSSR count). The summed E-state index contributed by atoms with van der Waals surface area (Å²) in [5, 5.41) is 16.8. The molecule has 2 aromatic carbocycles. The Hall–Kier alpha value is -2.53. The highest BCUT2D eigenvalue weighted by Crippen LogP contribution is 2.36. The van der Waals surface area contributed by atoms with E-state index in [0.29, 0.717) is 6.42 Å². The Labute approximate surface area is 148 Å². The normalized spacial score (nSPS) is 24.9. The summed E-state index contributed by atoms with van der Waals surface area (Å²) in [6.45, 7) is 2.08. The first-order valence-electron chi connectivity index (χ1n) is 8.41. The zero-order chi connectivity index (χ0) is 17.8. The van der Waals surface area contributed by atoms with Crippen LogP contribution in [0.2, 0.25) is 0 Å². The summed E-state index contributed by atoms with van der Waals surface area (Å²) in [5.74, 6) is 1.76. The molecule has 0 aliphatic carbocycles. The van der Waals surface area contributed by atoms with E-state index >= 15 is 0 Å². The molecule has 5 heteroatoms. The molecule has 0 spiro atoms. The van der Waals surface area contributed by atoms with Crippen LogP contribution in [0.15, 0.2) is 53.7 Å². The van der Waals surface area contributed by atoms with E-state index in [0.717, 1.165) is 28.3 Å². The number of nitrogens with zero attached hydrogens (tertiary/aromatic N) is 1. The van der Waals surface area contributed by atoms with Gasteiger partial charge in [-0.15, -0.1) is 0 Å². The molecule has 1 aliphatic rings. The molecular formula is C20H24N2O3. The molecule has 132 valence electrons. The van der Waals surface area contributed by atoms with Crippen molar-refractivity contribution in [3.63, 3.8) is 0 Å². The second kappa shape index (κ2) is 7.57. The summed E-state index contributed by atoms with van der Waals surface area (Å²) in [4.78, 5) is 0. The minimum absolute atomic E-state index is 0.0673. The van der Waals surface area contributed by atoms with Crippen molar-refractivity contribution >= 4 is 5.71 Å². The minimum atomic E-state index is 0.0673. The predicted octanol–water partition coefficient (Wildman–Crippen LogP) is 3.95. The fourth-order valence-corrected chi connectivity index (χ4v) is 3.39. The van der Waals surface area contributed by atoms with Crippen LogP contribution in [0.25, 0.3) is 0 Å². The van der Waals surface area contributed by atoms with E-state index in [1.54, 1.807) is 14.2 Å². The van der Waals surface area contributed by atoms with Crippen LogP contribution in [-0.2, 0) is 0 Å². The molecule has 0 bridgehead atoms. The SMILES string of the molecule is COc1ccc([C@@H]2C/C(=N\O)[C@H](C)[C@@H](c3ccc(OC)cc3)N2)cc1. The summed E-state index contributed by atoms with van der Waals surface area (Å²) in [6, 6.07) is 16.2. The summed E-state index contributed by atoms with van der Waals surface area (Å²) < 4.78 is 10.5. The number of hydrogen-bond donors (Lipinski definition) is 2. The van der Waals surface area contributed by atoms with Crippen LogP contribution >= 0.6 is 0 Å². The molecule has 0 aromatic heterocycles. The topological polar surface area (TPSA) is 63.1 Å². The number of methoxy groups -OCH3 is 2. The fraction of sp³-hybridized carbons (Fsp3) is 0.350. The van der Waals surface area contributed by atoms with Gasteiger partial charge in [0.15, 0.2) is 0 Å². The second-order valence-electron chi connectivity index (χ2n) is 6.33. The number of piperidine rings is 1. The van der Waals surface area contributed by atoms with Gasteiger partial charge in [-0.2, -0.15) is 0 Å². The van der Waals surface area contributed by atoms with Crippen molar-refractivity contribution in [3.05, 3.63) is 59.7 Å². The molecule has 1 aliphatic heterocycles. The largest absolute Gasteiger partial charge is 0.497 e. The summed E-state index contributed by atoms with van der Waals surface area (Å²) in [6.07, 6.45) is 0.677. The van der Waals surface area contributed by atoms with Crippen LogP contribution < -0.4 is 14.8 Å². The van der Waals surface area contributed by atoms with Gasteiger partial charge >= 0.3 is 0 Å². The molecule has 2 aromatic rings. The summed E-state index contributed by atoms with van der Waals surface area (Å²) in [7, 11) is 3.32. The fourth-order valence-electron chi connectivity index (χ4n) is 3.39. The third kappa shape index (κ3) is 3.61.